The van der Waals surface area contributed by atoms with Crippen molar-refractivity contribution in [3.8, 4) is 0 Å². The Labute approximate surface area is 179 Å². The molecular weight excluding hydrogens is 422 g/mol. The summed E-state index contributed by atoms with van der Waals surface area (Å²) in [6.07, 6.45) is -1.07. The van der Waals surface area contributed by atoms with Crippen molar-refractivity contribution in [2.24, 2.45) is 5.92 Å². The molecule has 1 amide bonds. The molecule has 8 atom stereocenters. The van der Waals surface area contributed by atoms with Crippen LogP contribution in [0.25, 0.3) is 0 Å². The van der Waals surface area contributed by atoms with E-state index < -0.39 is 46.6 Å². The van der Waals surface area contributed by atoms with Crippen molar-refractivity contribution in [3.05, 3.63) is 11.5 Å². The molecule has 3 heterocycles. The Morgan fingerprint density at radius 2 is 2.14 bits per heavy atom. The number of ether oxygens (including phenoxy) is 2. The van der Waals surface area contributed by atoms with E-state index in [4.69, 9.17) is 21.1 Å². The molecule has 0 spiro atoms. The molecule has 0 aromatic carbocycles. The summed E-state index contributed by atoms with van der Waals surface area (Å²) in [6.45, 7) is 4.55. The quantitative estimate of drug-likeness (QED) is 0.361. The van der Waals surface area contributed by atoms with Gasteiger partial charge in [-0.1, -0.05) is 0 Å². The molecule has 0 bridgehead atoms. The number of amides is 1. The third kappa shape index (κ3) is 4.79. The highest BCUT2D eigenvalue weighted by atomic mass is 35.5. The molecule has 2 fully saturated rings. The zero-order valence-electron chi connectivity index (χ0n) is 16.7. The van der Waals surface area contributed by atoms with Gasteiger partial charge in [-0.25, -0.2) is 0 Å². The number of likely N-dealkylation sites (N-methyl/N-ethyl adjacent to an activating group) is 1. The van der Waals surface area contributed by atoms with E-state index in [1.54, 1.807) is 13.2 Å². The smallest absolute Gasteiger partial charge is 0.240 e. The highest BCUT2D eigenvalue weighted by Crippen LogP contribution is 2.32. The Morgan fingerprint density at radius 1 is 1.41 bits per heavy atom. The standard InChI is InChI=1S/C18H30ClN3O6S/c1-8(19)10(16-13(24)12(23)14(25)18(28-16)29-3)21-17(26)11-15-9(6-20-11)7-22(2)4-5-27-15/h8-11,13,15-16,18,20,23-25H,4-7H2,1-3H3,(H,21,26). The first kappa shape index (κ1) is 22.9. The maximum absolute atomic E-state index is 13.1. The maximum Gasteiger partial charge on any atom is 0.240 e. The first-order valence-electron chi connectivity index (χ1n) is 9.70. The summed E-state index contributed by atoms with van der Waals surface area (Å²) in [4.78, 5) is 15.3. The van der Waals surface area contributed by atoms with E-state index in [0.29, 0.717) is 13.2 Å². The molecule has 3 aliphatic heterocycles. The normalized spacial score (nSPS) is 38.2. The fraction of sp³-hybridized carbons (Fsp3) is 0.833. The van der Waals surface area contributed by atoms with Crippen LogP contribution in [0.3, 0.4) is 0 Å². The zero-order valence-corrected chi connectivity index (χ0v) is 18.3. The second kappa shape index (κ2) is 9.59. The van der Waals surface area contributed by atoms with Crippen molar-refractivity contribution in [1.29, 1.82) is 0 Å². The van der Waals surface area contributed by atoms with Gasteiger partial charge in [0.05, 0.1) is 24.1 Å². The number of aliphatic hydroxyl groups excluding tert-OH is 3. The minimum atomic E-state index is -1.50. The van der Waals surface area contributed by atoms with Gasteiger partial charge in [-0.05, 0) is 20.2 Å². The van der Waals surface area contributed by atoms with Crippen LogP contribution in [0.15, 0.2) is 11.5 Å². The van der Waals surface area contributed by atoms with Crippen LogP contribution in [-0.4, -0.2) is 107 Å². The third-order valence-corrected chi connectivity index (χ3v) is 6.77. The van der Waals surface area contributed by atoms with Crippen molar-refractivity contribution in [2.45, 2.75) is 48.1 Å². The highest BCUT2D eigenvalue weighted by molar-refractivity contribution is 7.99. The van der Waals surface area contributed by atoms with Gasteiger partial charge < -0.3 is 40.3 Å². The van der Waals surface area contributed by atoms with Gasteiger partial charge in [-0.2, -0.15) is 0 Å². The molecule has 3 rings (SSSR count). The second-order valence-electron chi connectivity index (χ2n) is 7.84. The Bertz CT molecular complexity index is 639. The average molecular weight is 452 g/mol. The molecule has 166 valence electrons. The Hall–Kier alpha value is -0.750. The monoisotopic (exact) mass is 451 g/mol. The molecule has 0 saturated carbocycles. The number of halogens is 1. The molecule has 0 aromatic heterocycles. The first-order valence-corrected chi connectivity index (χ1v) is 11.4. The van der Waals surface area contributed by atoms with Crippen LogP contribution in [-0.2, 0) is 14.3 Å². The molecule has 0 radical (unpaired) electrons. The number of alkyl halides is 1. The van der Waals surface area contributed by atoms with Crippen LogP contribution in [0.4, 0.5) is 0 Å². The number of fused-ring (bicyclic) bond motifs is 1. The van der Waals surface area contributed by atoms with E-state index in [1.165, 1.54) is 0 Å². The fourth-order valence-corrected chi connectivity index (χ4v) is 4.92. The van der Waals surface area contributed by atoms with Crippen LogP contribution in [0.2, 0.25) is 0 Å². The molecule has 0 aliphatic carbocycles. The van der Waals surface area contributed by atoms with Gasteiger partial charge in [0.25, 0.3) is 0 Å². The molecule has 5 N–H and O–H groups in total. The van der Waals surface area contributed by atoms with Crippen molar-refractivity contribution >= 4 is 29.3 Å². The minimum absolute atomic E-state index is 0.200. The third-order valence-electron chi connectivity index (χ3n) is 5.73. The average Bonchev–Trinajstić information content (AvgIpc) is 2.97. The van der Waals surface area contributed by atoms with E-state index in [-0.39, 0.29) is 17.9 Å². The predicted octanol–water partition coefficient (Wildman–Crippen LogP) is -0.206. The number of hydrogen-bond donors (Lipinski definition) is 5. The van der Waals surface area contributed by atoms with Crippen LogP contribution in [0.5, 0.6) is 0 Å². The van der Waals surface area contributed by atoms with Crippen molar-refractivity contribution in [1.82, 2.24) is 15.5 Å². The SMILES string of the molecule is CSC1OC(C(NC(=O)C2NCC3CN(C)CCOC32)C(C)Cl)C(O)C(O)=C1O. The van der Waals surface area contributed by atoms with Crippen molar-refractivity contribution in [2.75, 3.05) is 39.5 Å². The molecule has 2 saturated heterocycles. The summed E-state index contributed by atoms with van der Waals surface area (Å²) in [5.41, 5.74) is -0.854. The van der Waals surface area contributed by atoms with Crippen LogP contribution in [0, 0.1) is 5.92 Å². The summed E-state index contributed by atoms with van der Waals surface area (Å²) in [7, 11) is 2.03. The topological polar surface area (TPSA) is 124 Å². The van der Waals surface area contributed by atoms with E-state index in [1.807, 2.05) is 7.05 Å². The second-order valence-corrected chi connectivity index (χ2v) is 9.43. The van der Waals surface area contributed by atoms with Crippen LogP contribution in [0.1, 0.15) is 6.92 Å². The molecule has 9 nitrogen and oxygen atoms in total. The van der Waals surface area contributed by atoms with Crippen LogP contribution >= 0.6 is 23.4 Å². The van der Waals surface area contributed by atoms with E-state index in [9.17, 15) is 20.1 Å². The summed E-state index contributed by atoms with van der Waals surface area (Å²) < 4.78 is 11.7. The number of thioether (sulfide) groups is 1. The van der Waals surface area contributed by atoms with Gasteiger partial charge in [0.1, 0.15) is 18.2 Å². The zero-order chi connectivity index (χ0) is 21.3. The van der Waals surface area contributed by atoms with Gasteiger partial charge in [0, 0.05) is 25.6 Å². The molecular formula is C18H30ClN3O6S. The number of carbonyl (C=O) groups excluding carboxylic acids is 1. The highest BCUT2D eigenvalue weighted by Gasteiger charge is 2.47. The van der Waals surface area contributed by atoms with E-state index in [2.05, 4.69) is 15.5 Å². The van der Waals surface area contributed by atoms with Gasteiger partial charge >= 0.3 is 0 Å². The number of aliphatic hydroxyl groups is 3. The van der Waals surface area contributed by atoms with E-state index >= 15 is 0 Å². The largest absolute Gasteiger partial charge is 0.506 e. The van der Waals surface area contributed by atoms with Crippen molar-refractivity contribution < 1.29 is 29.6 Å². The lowest BCUT2D eigenvalue weighted by atomic mass is 9.97. The predicted molar refractivity (Wildman–Crippen MR) is 110 cm³/mol. The minimum Gasteiger partial charge on any atom is -0.506 e. The lowest BCUT2D eigenvalue weighted by Crippen LogP contribution is -2.60. The molecule has 29 heavy (non-hydrogen) atoms. The summed E-state index contributed by atoms with van der Waals surface area (Å²) in [6, 6.07) is -1.34. The number of nitrogens with one attached hydrogen (secondary N) is 2. The molecule has 8 unspecified atom stereocenters. The van der Waals surface area contributed by atoms with Crippen molar-refractivity contribution in [3.63, 3.8) is 0 Å². The molecule has 11 heteroatoms. The Balaban J connectivity index is 1.73. The Morgan fingerprint density at radius 3 is 2.79 bits per heavy atom. The van der Waals surface area contributed by atoms with Crippen LogP contribution < -0.4 is 10.6 Å². The van der Waals surface area contributed by atoms with Gasteiger partial charge in [-0.15, -0.1) is 23.4 Å². The summed E-state index contributed by atoms with van der Waals surface area (Å²) in [5, 5.41) is 36.0. The number of carbonyl (C=O) groups is 1. The van der Waals surface area contributed by atoms with Gasteiger partial charge in [-0.3, -0.25) is 4.79 Å². The summed E-state index contributed by atoms with van der Waals surface area (Å²) >= 11 is 7.48. The molecule has 0 aromatic rings. The number of hydrogen-bond acceptors (Lipinski definition) is 9. The van der Waals surface area contributed by atoms with E-state index in [0.717, 1.165) is 24.9 Å². The molecule has 3 aliphatic rings. The maximum atomic E-state index is 13.1. The van der Waals surface area contributed by atoms with Gasteiger partial charge in [0.15, 0.2) is 17.0 Å². The van der Waals surface area contributed by atoms with Gasteiger partial charge in [0.2, 0.25) is 5.91 Å². The number of nitrogens with zero attached hydrogens (tertiary/aromatic N) is 1. The fourth-order valence-electron chi connectivity index (χ4n) is 4.13. The lowest BCUT2D eigenvalue weighted by Gasteiger charge is -2.38. The first-order chi connectivity index (χ1) is 13.7. The summed E-state index contributed by atoms with van der Waals surface area (Å²) in [5.74, 6) is -1.09. The number of rotatable bonds is 5. The Kier molecular flexibility index (Phi) is 7.58. The lowest BCUT2D eigenvalue weighted by molar-refractivity contribution is -0.131.